The second-order valence-corrected chi connectivity index (χ2v) is 8.25. The van der Waals surface area contributed by atoms with E-state index in [4.69, 9.17) is 5.73 Å². The normalized spacial score (nSPS) is 15.9. The highest BCUT2D eigenvalue weighted by Crippen LogP contribution is 2.22. The first-order valence-corrected chi connectivity index (χ1v) is 11.1. The van der Waals surface area contributed by atoms with Crippen molar-refractivity contribution >= 4 is 0 Å². The summed E-state index contributed by atoms with van der Waals surface area (Å²) in [5.41, 5.74) is 8.46. The van der Waals surface area contributed by atoms with Gasteiger partial charge in [0.2, 0.25) is 0 Å². The molecule has 1 aliphatic heterocycles. The number of likely N-dealkylation sites (tertiary alicyclic amines) is 1. The molecule has 1 heterocycles. The van der Waals surface area contributed by atoms with Crippen molar-refractivity contribution in [2.45, 2.75) is 45.2 Å². The second-order valence-electron chi connectivity index (χ2n) is 8.25. The summed E-state index contributed by atoms with van der Waals surface area (Å²) in [6.45, 7) is 7.78. The Hall–Kier alpha value is -1.68. The molecule has 0 aliphatic carbocycles. The maximum absolute atomic E-state index is 5.65. The van der Waals surface area contributed by atoms with Crippen LogP contribution in [0.3, 0.4) is 0 Å². The zero-order chi connectivity index (χ0) is 19.4. The predicted molar refractivity (Wildman–Crippen MR) is 119 cm³/mol. The lowest BCUT2D eigenvalue weighted by Gasteiger charge is -2.32. The molecule has 1 fully saturated rings. The van der Waals surface area contributed by atoms with Gasteiger partial charge in [0.05, 0.1) is 0 Å². The SMILES string of the molecule is NCCCN1CCC(CCCN(Cc2ccccc2)Cc2ccccc2)CC1. The number of rotatable bonds is 11. The van der Waals surface area contributed by atoms with E-state index in [-0.39, 0.29) is 0 Å². The van der Waals surface area contributed by atoms with Gasteiger partial charge >= 0.3 is 0 Å². The van der Waals surface area contributed by atoms with E-state index in [2.05, 4.69) is 70.5 Å². The van der Waals surface area contributed by atoms with Crippen LogP contribution in [-0.2, 0) is 13.1 Å². The van der Waals surface area contributed by atoms with Gasteiger partial charge in [0.1, 0.15) is 0 Å². The minimum Gasteiger partial charge on any atom is -0.330 e. The van der Waals surface area contributed by atoms with Crippen LogP contribution in [0, 0.1) is 5.92 Å². The van der Waals surface area contributed by atoms with E-state index in [1.54, 1.807) is 0 Å². The van der Waals surface area contributed by atoms with Crippen LogP contribution < -0.4 is 5.73 Å². The highest BCUT2D eigenvalue weighted by Gasteiger charge is 2.18. The first-order chi connectivity index (χ1) is 13.8. The minimum absolute atomic E-state index is 0.818. The summed E-state index contributed by atoms with van der Waals surface area (Å²) in [6.07, 6.45) is 6.53. The Morgan fingerprint density at radius 3 is 1.93 bits per heavy atom. The lowest BCUT2D eigenvalue weighted by Crippen LogP contribution is -2.35. The van der Waals surface area contributed by atoms with Crippen LogP contribution in [0.4, 0.5) is 0 Å². The van der Waals surface area contributed by atoms with E-state index in [1.807, 2.05) is 0 Å². The molecule has 0 bridgehead atoms. The Morgan fingerprint density at radius 2 is 1.39 bits per heavy atom. The molecule has 2 N–H and O–H groups in total. The highest BCUT2D eigenvalue weighted by molar-refractivity contribution is 5.17. The number of piperidine rings is 1. The van der Waals surface area contributed by atoms with E-state index in [1.165, 1.54) is 63.0 Å². The van der Waals surface area contributed by atoms with Crippen molar-refractivity contribution in [3.8, 4) is 0 Å². The summed E-state index contributed by atoms with van der Waals surface area (Å²) in [4.78, 5) is 5.21. The van der Waals surface area contributed by atoms with Crippen LogP contribution in [0.5, 0.6) is 0 Å². The first kappa shape index (κ1) is 21.0. The molecule has 2 aromatic carbocycles. The van der Waals surface area contributed by atoms with Gasteiger partial charge in [0.25, 0.3) is 0 Å². The van der Waals surface area contributed by atoms with Crippen LogP contribution >= 0.6 is 0 Å². The van der Waals surface area contributed by atoms with Crippen LogP contribution in [0.2, 0.25) is 0 Å². The molecular formula is C25H37N3. The molecule has 0 atom stereocenters. The molecule has 28 heavy (non-hydrogen) atoms. The summed E-state index contributed by atoms with van der Waals surface area (Å²) < 4.78 is 0. The summed E-state index contributed by atoms with van der Waals surface area (Å²) in [7, 11) is 0. The van der Waals surface area contributed by atoms with E-state index < -0.39 is 0 Å². The van der Waals surface area contributed by atoms with Gasteiger partial charge in [-0.25, -0.2) is 0 Å². The van der Waals surface area contributed by atoms with E-state index in [9.17, 15) is 0 Å². The second kappa shape index (κ2) is 12.0. The van der Waals surface area contributed by atoms with Gasteiger partial charge in [0.15, 0.2) is 0 Å². The van der Waals surface area contributed by atoms with Crippen LogP contribution in [0.15, 0.2) is 60.7 Å². The number of hydrogen-bond acceptors (Lipinski definition) is 3. The fourth-order valence-corrected chi connectivity index (χ4v) is 4.31. The van der Waals surface area contributed by atoms with Crippen LogP contribution in [0.1, 0.15) is 43.2 Å². The molecule has 3 nitrogen and oxygen atoms in total. The molecule has 0 amide bonds. The molecule has 0 aromatic heterocycles. The predicted octanol–water partition coefficient (Wildman–Crippen LogP) is 4.53. The third-order valence-corrected chi connectivity index (χ3v) is 5.97. The average Bonchev–Trinajstić information content (AvgIpc) is 2.74. The molecule has 2 aromatic rings. The number of benzene rings is 2. The Labute approximate surface area is 171 Å². The largest absolute Gasteiger partial charge is 0.330 e. The number of nitrogens with zero attached hydrogens (tertiary/aromatic N) is 2. The van der Waals surface area contributed by atoms with Gasteiger partial charge in [-0.05, 0) is 81.9 Å². The van der Waals surface area contributed by atoms with E-state index >= 15 is 0 Å². The maximum atomic E-state index is 5.65. The topological polar surface area (TPSA) is 32.5 Å². The van der Waals surface area contributed by atoms with Gasteiger partial charge in [-0.3, -0.25) is 4.90 Å². The van der Waals surface area contributed by atoms with Crippen LogP contribution in [0.25, 0.3) is 0 Å². The Morgan fingerprint density at radius 1 is 0.821 bits per heavy atom. The molecule has 0 unspecified atom stereocenters. The zero-order valence-corrected chi connectivity index (χ0v) is 17.3. The fourth-order valence-electron chi connectivity index (χ4n) is 4.31. The fraction of sp³-hybridized carbons (Fsp3) is 0.520. The summed E-state index contributed by atoms with van der Waals surface area (Å²) in [6, 6.07) is 21.8. The molecule has 0 spiro atoms. The molecule has 1 saturated heterocycles. The quantitative estimate of drug-likeness (QED) is 0.622. The number of nitrogens with two attached hydrogens (primary N) is 1. The lowest BCUT2D eigenvalue weighted by atomic mass is 9.92. The molecule has 0 radical (unpaired) electrons. The molecule has 152 valence electrons. The summed E-state index contributed by atoms with van der Waals surface area (Å²) >= 11 is 0. The van der Waals surface area contributed by atoms with Gasteiger partial charge < -0.3 is 10.6 Å². The number of hydrogen-bond donors (Lipinski definition) is 1. The molecular weight excluding hydrogens is 342 g/mol. The van der Waals surface area contributed by atoms with Crippen molar-refractivity contribution in [3.05, 3.63) is 71.8 Å². The third-order valence-electron chi connectivity index (χ3n) is 5.97. The summed E-state index contributed by atoms with van der Waals surface area (Å²) in [5.74, 6) is 0.907. The Bertz CT molecular complexity index is 594. The maximum Gasteiger partial charge on any atom is 0.0237 e. The average molecular weight is 380 g/mol. The standard InChI is InChI=1S/C25H37N3/c26-16-8-18-27-19-14-23(15-20-27)13-7-17-28(21-24-9-3-1-4-10-24)22-25-11-5-2-6-12-25/h1-6,9-12,23H,7-8,13-22,26H2. The smallest absolute Gasteiger partial charge is 0.0237 e. The lowest BCUT2D eigenvalue weighted by molar-refractivity contribution is 0.170. The molecule has 3 rings (SSSR count). The van der Waals surface area contributed by atoms with Gasteiger partial charge in [-0.1, -0.05) is 60.7 Å². The van der Waals surface area contributed by atoms with Crippen molar-refractivity contribution in [2.24, 2.45) is 11.7 Å². The van der Waals surface area contributed by atoms with Gasteiger partial charge in [-0.15, -0.1) is 0 Å². The zero-order valence-electron chi connectivity index (χ0n) is 17.3. The monoisotopic (exact) mass is 379 g/mol. The van der Waals surface area contributed by atoms with Crippen molar-refractivity contribution in [3.63, 3.8) is 0 Å². The molecule has 0 saturated carbocycles. The van der Waals surface area contributed by atoms with Crippen LogP contribution in [-0.4, -0.2) is 42.5 Å². The van der Waals surface area contributed by atoms with Crippen molar-refractivity contribution in [2.75, 3.05) is 32.7 Å². The van der Waals surface area contributed by atoms with Gasteiger partial charge in [0, 0.05) is 13.1 Å². The third kappa shape index (κ3) is 7.38. The van der Waals surface area contributed by atoms with Gasteiger partial charge in [-0.2, -0.15) is 0 Å². The van der Waals surface area contributed by atoms with E-state index in [0.717, 1.165) is 32.0 Å². The van der Waals surface area contributed by atoms with Crippen molar-refractivity contribution < 1.29 is 0 Å². The summed E-state index contributed by atoms with van der Waals surface area (Å²) in [5, 5.41) is 0. The Kier molecular flexibility index (Phi) is 9.02. The Balaban J connectivity index is 1.45. The minimum atomic E-state index is 0.818. The first-order valence-electron chi connectivity index (χ1n) is 11.1. The molecule has 3 heteroatoms. The van der Waals surface area contributed by atoms with E-state index in [0.29, 0.717) is 0 Å². The van der Waals surface area contributed by atoms with Crippen molar-refractivity contribution in [1.29, 1.82) is 0 Å². The molecule has 1 aliphatic rings. The van der Waals surface area contributed by atoms with Crippen molar-refractivity contribution in [1.82, 2.24) is 9.80 Å². The highest BCUT2D eigenvalue weighted by atomic mass is 15.1.